The van der Waals surface area contributed by atoms with Crippen LogP contribution in [0.25, 0.3) is 0 Å². The lowest BCUT2D eigenvalue weighted by atomic mass is 10.1. The Morgan fingerprint density at radius 3 is 2.60 bits per heavy atom. The van der Waals surface area contributed by atoms with Gasteiger partial charge in [-0.05, 0) is 32.1 Å². The largest absolute Gasteiger partial charge is 0.488 e. The second kappa shape index (κ2) is 7.04. The Morgan fingerprint density at radius 2 is 2.00 bits per heavy atom. The quantitative estimate of drug-likeness (QED) is 0.829. The lowest BCUT2D eigenvalue weighted by molar-refractivity contribution is 0.0247. The van der Waals surface area contributed by atoms with Crippen LogP contribution in [-0.2, 0) is 11.3 Å². The van der Waals surface area contributed by atoms with Crippen LogP contribution in [0.5, 0.6) is 5.75 Å². The number of rotatable bonds is 5. The molecule has 1 aromatic heterocycles. The summed E-state index contributed by atoms with van der Waals surface area (Å²) in [6.07, 6.45) is 2.19. The van der Waals surface area contributed by atoms with Crippen molar-refractivity contribution in [2.24, 2.45) is 0 Å². The van der Waals surface area contributed by atoms with Gasteiger partial charge in [-0.3, -0.25) is 4.98 Å². The van der Waals surface area contributed by atoms with Crippen LogP contribution in [0.15, 0.2) is 12.1 Å². The number of ether oxygens (including phenoxy) is 2. The van der Waals surface area contributed by atoms with Crippen molar-refractivity contribution in [3.63, 3.8) is 0 Å². The molecule has 0 saturated carbocycles. The standard InChI is InChI=1S/C16H26N2O2/c1-12(2)14-5-6-16(15(17-14)11-18(3)4)20-13-7-9-19-10-8-13/h5-6,12-13H,7-11H2,1-4H3. The van der Waals surface area contributed by atoms with Crippen LogP contribution in [-0.4, -0.2) is 43.3 Å². The van der Waals surface area contributed by atoms with Gasteiger partial charge in [-0.1, -0.05) is 13.8 Å². The van der Waals surface area contributed by atoms with Gasteiger partial charge in [-0.2, -0.15) is 0 Å². The van der Waals surface area contributed by atoms with E-state index in [2.05, 4.69) is 45.0 Å². The minimum Gasteiger partial charge on any atom is -0.488 e. The molecule has 0 atom stereocenters. The molecule has 1 aliphatic heterocycles. The molecule has 20 heavy (non-hydrogen) atoms. The molecule has 0 amide bonds. The van der Waals surface area contributed by atoms with Gasteiger partial charge < -0.3 is 14.4 Å². The molecule has 0 aromatic carbocycles. The van der Waals surface area contributed by atoms with E-state index in [0.29, 0.717) is 5.92 Å². The number of hydrogen-bond donors (Lipinski definition) is 0. The van der Waals surface area contributed by atoms with E-state index in [9.17, 15) is 0 Å². The van der Waals surface area contributed by atoms with Crippen molar-refractivity contribution in [2.45, 2.75) is 45.3 Å². The first kappa shape index (κ1) is 15.3. The highest BCUT2D eigenvalue weighted by atomic mass is 16.5. The summed E-state index contributed by atoms with van der Waals surface area (Å²) < 4.78 is 11.5. The second-order valence-electron chi connectivity index (χ2n) is 6.00. The molecule has 4 nitrogen and oxygen atoms in total. The number of hydrogen-bond acceptors (Lipinski definition) is 4. The highest BCUT2D eigenvalue weighted by molar-refractivity contribution is 5.30. The molecule has 1 aliphatic rings. The molecule has 4 heteroatoms. The fourth-order valence-corrected chi connectivity index (χ4v) is 2.32. The minimum atomic E-state index is 0.261. The lowest BCUT2D eigenvalue weighted by Crippen LogP contribution is -2.27. The van der Waals surface area contributed by atoms with Crippen molar-refractivity contribution in [1.82, 2.24) is 9.88 Å². The zero-order valence-electron chi connectivity index (χ0n) is 13.1. The van der Waals surface area contributed by atoms with E-state index in [4.69, 9.17) is 14.5 Å². The monoisotopic (exact) mass is 278 g/mol. The van der Waals surface area contributed by atoms with Gasteiger partial charge in [0.05, 0.1) is 18.9 Å². The molecular formula is C16H26N2O2. The maximum atomic E-state index is 6.15. The first-order valence-corrected chi connectivity index (χ1v) is 7.45. The van der Waals surface area contributed by atoms with Gasteiger partial charge in [0.2, 0.25) is 0 Å². The van der Waals surface area contributed by atoms with Crippen LogP contribution in [0.3, 0.4) is 0 Å². The van der Waals surface area contributed by atoms with E-state index in [0.717, 1.165) is 49.7 Å². The summed E-state index contributed by atoms with van der Waals surface area (Å²) in [5.41, 5.74) is 2.16. The summed E-state index contributed by atoms with van der Waals surface area (Å²) in [7, 11) is 4.11. The van der Waals surface area contributed by atoms with Crippen LogP contribution >= 0.6 is 0 Å². The number of pyridine rings is 1. The average molecular weight is 278 g/mol. The van der Waals surface area contributed by atoms with E-state index >= 15 is 0 Å². The van der Waals surface area contributed by atoms with Crippen LogP contribution in [0.4, 0.5) is 0 Å². The van der Waals surface area contributed by atoms with Crippen molar-refractivity contribution in [1.29, 1.82) is 0 Å². The third-order valence-electron chi connectivity index (χ3n) is 3.47. The molecule has 1 saturated heterocycles. The van der Waals surface area contributed by atoms with Crippen LogP contribution in [0.2, 0.25) is 0 Å². The van der Waals surface area contributed by atoms with Gasteiger partial charge in [0.1, 0.15) is 11.9 Å². The van der Waals surface area contributed by atoms with Crippen molar-refractivity contribution in [2.75, 3.05) is 27.3 Å². The molecule has 0 N–H and O–H groups in total. The first-order chi connectivity index (χ1) is 9.56. The summed E-state index contributed by atoms with van der Waals surface area (Å²) in [5, 5.41) is 0. The predicted octanol–water partition coefficient (Wildman–Crippen LogP) is 2.82. The molecule has 0 bridgehead atoms. The van der Waals surface area contributed by atoms with Crippen LogP contribution < -0.4 is 4.74 Å². The van der Waals surface area contributed by atoms with Crippen molar-refractivity contribution in [3.05, 3.63) is 23.5 Å². The Labute approximate surface area is 122 Å². The maximum absolute atomic E-state index is 6.15. The molecule has 0 aliphatic carbocycles. The summed E-state index contributed by atoms with van der Waals surface area (Å²) in [4.78, 5) is 6.91. The SMILES string of the molecule is CC(C)c1ccc(OC2CCOCC2)c(CN(C)C)n1. The maximum Gasteiger partial charge on any atom is 0.142 e. The topological polar surface area (TPSA) is 34.6 Å². The van der Waals surface area contributed by atoms with Crippen molar-refractivity contribution < 1.29 is 9.47 Å². The summed E-state index contributed by atoms with van der Waals surface area (Å²) in [6, 6.07) is 4.16. The second-order valence-corrected chi connectivity index (χ2v) is 6.00. The Morgan fingerprint density at radius 1 is 1.30 bits per heavy atom. The van der Waals surface area contributed by atoms with Gasteiger partial charge in [0.25, 0.3) is 0 Å². The first-order valence-electron chi connectivity index (χ1n) is 7.45. The Bertz CT molecular complexity index is 426. The average Bonchev–Trinajstić information content (AvgIpc) is 2.41. The fraction of sp³-hybridized carbons (Fsp3) is 0.688. The molecular weight excluding hydrogens is 252 g/mol. The van der Waals surface area contributed by atoms with Gasteiger partial charge >= 0.3 is 0 Å². The highest BCUT2D eigenvalue weighted by Gasteiger charge is 2.18. The molecule has 112 valence electrons. The molecule has 0 spiro atoms. The molecule has 2 heterocycles. The highest BCUT2D eigenvalue weighted by Crippen LogP contribution is 2.25. The fourth-order valence-electron chi connectivity index (χ4n) is 2.32. The molecule has 0 radical (unpaired) electrons. The van der Waals surface area contributed by atoms with Gasteiger partial charge in [-0.15, -0.1) is 0 Å². The van der Waals surface area contributed by atoms with E-state index in [1.54, 1.807) is 0 Å². The third kappa shape index (κ3) is 4.18. The summed E-state index contributed by atoms with van der Waals surface area (Å²) in [5.74, 6) is 1.36. The Kier molecular flexibility index (Phi) is 5.38. The van der Waals surface area contributed by atoms with E-state index < -0.39 is 0 Å². The van der Waals surface area contributed by atoms with E-state index in [1.165, 1.54) is 0 Å². The zero-order valence-corrected chi connectivity index (χ0v) is 13.1. The Balaban J connectivity index is 2.16. The smallest absolute Gasteiger partial charge is 0.142 e. The minimum absolute atomic E-state index is 0.261. The van der Waals surface area contributed by atoms with Gasteiger partial charge in [0.15, 0.2) is 0 Å². The van der Waals surface area contributed by atoms with E-state index in [1.807, 2.05) is 0 Å². The summed E-state index contributed by atoms with van der Waals surface area (Å²) >= 11 is 0. The summed E-state index contributed by atoms with van der Waals surface area (Å²) in [6.45, 7) is 6.73. The number of nitrogens with zero attached hydrogens (tertiary/aromatic N) is 2. The normalized spacial score (nSPS) is 16.9. The molecule has 1 aromatic rings. The van der Waals surface area contributed by atoms with Crippen LogP contribution in [0, 0.1) is 0 Å². The number of aromatic nitrogens is 1. The van der Waals surface area contributed by atoms with Crippen molar-refractivity contribution >= 4 is 0 Å². The van der Waals surface area contributed by atoms with Crippen LogP contribution in [0.1, 0.15) is 44.0 Å². The molecule has 1 fully saturated rings. The molecule has 2 rings (SSSR count). The third-order valence-corrected chi connectivity index (χ3v) is 3.47. The van der Waals surface area contributed by atoms with Crippen molar-refractivity contribution in [3.8, 4) is 5.75 Å². The lowest BCUT2D eigenvalue weighted by Gasteiger charge is -2.25. The van der Waals surface area contributed by atoms with Gasteiger partial charge in [0, 0.05) is 25.1 Å². The van der Waals surface area contributed by atoms with E-state index in [-0.39, 0.29) is 6.10 Å². The molecule has 0 unspecified atom stereocenters. The predicted molar refractivity (Wildman–Crippen MR) is 80.2 cm³/mol. The van der Waals surface area contributed by atoms with Gasteiger partial charge in [-0.25, -0.2) is 0 Å². The zero-order chi connectivity index (χ0) is 14.5. The Hall–Kier alpha value is -1.13.